The summed E-state index contributed by atoms with van der Waals surface area (Å²) >= 11 is 18.6. The van der Waals surface area contributed by atoms with Gasteiger partial charge >= 0.3 is 0 Å². The van der Waals surface area contributed by atoms with Gasteiger partial charge in [-0.1, -0.05) is 77.3 Å². The van der Waals surface area contributed by atoms with E-state index in [-0.39, 0.29) is 24.4 Å². The Morgan fingerprint density at radius 3 is 2.24 bits per heavy atom. The predicted octanol–water partition coefficient (Wildman–Crippen LogP) is 7.65. The van der Waals surface area contributed by atoms with Crippen molar-refractivity contribution in [3.05, 3.63) is 117 Å². The Morgan fingerprint density at radius 2 is 1.57 bits per heavy atom. The Morgan fingerprint density at radius 1 is 0.857 bits per heavy atom. The zero-order valence-corrected chi connectivity index (χ0v) is 25.5. The van der Waals surface area contributed by atoms with E-state index in [1.807, 2.05) is 30.3 Å². The second-order valence-electron chi connectivity index (χ2n) is 10.4. The Labute approximate surface area is 261 Å². The molecule has 42 heavy (non-hydrogen) atoms. The van der Waals surface area contributed by atoms with E-state index in [1.165, 1.54) is 4.90 Å². The minimum atomic E-state index is -0.299. The molecule has 5 rings (SSSR count). The van der Waals surface area contributed by atoms with Crippen LogP contribution in [-0.2, 0) is 4.79 Å². The van der Waals surface area contributed by atoms with Crippen molar-refractivity contribution in [3.63, 3.8) is 0 Å². The van der Waals surface area contributed by atoms with E-state index in [4.69, 9.17) is 34.8 Å². The van der Waals surface area contributed by atoms with Gasteiger partial charge in [0.1, 0.15) is 11.7 Å². The Kier molecular flexibility index (Phi) is 9.80. The molecule has 1 aliphatic heterocycles. The van der Waals surface area contributed by atoms with Gasteiger partial charge in [-0.2, -0.15) is 0 Å². The maximum atomic E-state index is 14.0. The van der Waals surface area contributed by atoms with Crippen LogP contribution >= 0.6 is 34.8 Å². The third kappa shape index (κ3) is 7.13. The van der Waals surface area contributed by atoms with Gasteiger partial charge in [0.15, 0.2) is 0 Å². The molecule has 216 valence electrons. The number of benzene rings is 3. The highest BCUT2D eigenvalue weighted by molar-refractivity contribution is 6.42. The van der Waals surface area contributed by atoms with E-state index in [9.17, 15) is 9.59 Å². The van der Waals surface area contributed by atoms with Crippen LogP contribution < -0.4 is 4.90 Å². The molecular formula is C33H31Cl3N4O2. The number of halogens is 3. The standard InChI is InChI=1S/C33H31Cl3N4O2/c1-38(32(41)22-40(27-13-14-28(34)29(35)20-27)33(42)25-7-3-2-4-8-25)30(21-39-17-5-6-18-39)24-11-9-23(10-12-24)26-15-16-37-31(36)19-26/h2-4,7-16,19-20,30H,5-6,17-18,21-22H2,1H3. The highest BCUT2D eigenvalue weighted by Crippen LogP contribution is 2.30. The quantitative estimate of drug-likeness (QED) is 0.180. The zero-order chi connectivity index (χ0) is 29.6. The summed E-state index contributed by atoms with van der Waals surface area (Å²) in [5.74, 6) is -0.494. The lowest BCUT2D eigenvalue weighted by Gasteiger charge is -2.34. The highest BCUT2D eigenvalue weighted by atomic mass is 35.5. The highest BCUT2D eigenvalue weighted by Gasteiger charge is 2.29. The summed E-state index contributed by atoms with van der Waals surface area (Å²) in [5, 5.41) is 1.12. The van der Waals surface area contributed by atoms with E-state index < -0.39 is 0 Å². The summed E-state index contributed by atoms with van der Waals surface area (Å²) in [4.78, 5) is 37.3. The molecule has 1 aliphatic rings. The van der Waals surface area contributed by atoms with Gasteiger partial charge in [-0.15, -0.1) is 0 Å². The molecule has 1 saturated heterocycles. The molecule has 2 heterocycles. The summed E-state index contributed by atoms with van der Waals surface area (Å²) in [5.41, 5.74) is 3.96. The number of anilines is 1. The van der Waals surface area contributed by atoms with Crippen LogP contribution in [0, 0.1) is 0 Å². The van der Waals surface area contributed by atoms with Gasteiger partial charge in [-0.05, 0) is 85.1 Å². The molecule has 0 bridgehead atoms. The van der Waals surface area contributed by atoms with Gasteiger partial charge in [-0.3, -0.25) is 14.5 Å². The number of carbonyl (C=O) groups is 2. The molecule has 1 aromatic heterocycles. The minimum absolute atomic E-state index is 0.160. The number of aromatic nitrogens is 1. The maximum absolute atomic E-state index is 14.0. The van der Waals surface area contributed by atoms with Gasteiger partial charge in [0.2, 0.25) is 5.91 Å². The average Bonchev–Trinajstić information content (AvgIpc) is 3.53. The lowest BCUT2D eigenvalue weighted by atomic mass is 10.00. The summed E-state index contributed by atoms with van der Waals surface area (Å²) in [6, 6.07) is 25.6. The van der Waals surface area contributed by atoms with Crippen molar-refractivity contribution in [3.8, 4) is 11.1 Å². The number of amides is 2. The normalized spacial score (nSPS) is 14.0. The van der Waals surface area contributed by atoms with Crippen LogP contribution in [0.1, 0.15) is 34.8 Å². The molecule has 6 nitrogen and oxygen atoms in total. The number of likely N-dealkylation sites (tertiary alicyclic amines) is 1. The third-order valence-electron chi connectivity index (χ3n) is 7.62. The Hall–Kier alpha value is -3.42. The monoisotopic (exact) mass is 620 g/mol. The van der Waals surface area contributed by atoms with Gasteiger partial charge in [0, 0.05) is 31.0 Å². The second kappa shape index (κ2) is 13.7. The SMILES string of the molecule is CN(C(=O)CN(C(=O)c1ccccc1)c1ccc(Cl)c(Cl)c1)C(CN1CCCC1)c1ccc(-c2ccnc(Cl)c2)cc1. The molecule has 0 N–H and O–H groups in total. The van der Waals surface area contributed by atoms with Crippen LogP contribution in [0.3, 0.4) is 0 Å². The molecule has 1 atom stereocenters. The van der Waals surface area contributed by atoms with E-state index in [0.717, 1.165) is 42.6 Å². The lowest BCUT2D eigenvalue weighted by molar-refractivity contribution is -0.130. The first-order valence-corrected chi connectivity index (χ1v) is 15.0. The van der Waals surface area contributed by atoms with Crippen molar-refractivity contribution in [1.29, 1.82) is 0 Å². The molecule has 1 fully saturated rings. The van der Waals surface area contributed by atoms with Crippen LogP contribution in [0.4, 0.5) is 5.69 Å². The molecule has 0 aliphatic carbocycles. The first kappa shape index (κ1) is 30.1. The van der Waals surface area contributed by atoms with Crippen LogP contribution in [0.2, 0.25) is 15.2 Å². The minimum Gasteiger partial charge on any atom is -0.336 e. The molecule has 2 amide bonds. The summed E-state index contributed by atoms with van der Waals surface area (Å²) in [6.07, 6.45) is 3.97. The van der Waals surface area contributed by atoms with Crippen LogP contribution in [-0.4, -0.2) is 59.8 Å². The van der Waals surface area contributed by atoms with Crippen molar-refractivity contribution in [2.24, 2.45) is 0 Å². The third-order valence-corrected chi connectivity index (χ3v) is 8.57. The molecule has 3 aromatic carbocycles. The topological polar surface area (TPSA) is 56.8 Å². The van der Waals surface area contributed by atoms with E-state index in [1.54, 1.807) is 60.6 Å². The largest absolute Gasteiger partial charge is 0.336 e. The fourth-order valence-electron chi connectivity index (χ4n) is 5.23. The molecule has 0 saturated carbocycles. The van der Waals surface area contributed by atoms with Gasteiger partial charge in [0.25, 0.3) is 5.91 Å². The van der Waals surface area contributed by atoms with Crippen LogP contribution in [0.15, 0.2) is 91.1 Å². The molecule has 4 aromatic rings. The van der Waals surface area contributed by atoms with E-state index in [2.05, 4.69) is 22.0 Å². The summed E-state index contributed by atoms with van der Waals surface area (Å²) < 4.78 is 0. The van der Waals surface area contributed by atoms with Crippen molar-refractivity contribution in [2.45, 2.75) is 18.9 Å². The van der Waals surface area contributed by atoms with Gasteiger partial charge < -0.3 is 9.80 Å². The van der Waals surface area contributed by atoms with E-state index in [0.29, 0.717) is 33.0 Å². The van der Waals surface area contributed by atoms with E-state index >= 15 is 0 Å². The fraction of sp³-hybridized carbons (Fsp3) is 0.242. The summed E-state index contributed by atoms with van der Waals surface area (Å²) in [6.45, 7) is 2.52. The number of pyridine rings is 1. The maximum Gasteiger partial charge on any atom is 0.258 e. The van der Waals surface area contributed by atoms with Crippen LogP contribution in [0.25, 0.3) is 11.1 Å². The Bertz CT molecular complexity index is 1540. The lowest BCUT2D eigenvalue weighted by Crippen LogP contribution is -2.45. The first-order valence-electron chi connectivity index (χ1n) is 13.8. The average molecular weight is 622 g/mol. The Balaban J connectivity index is 1.43. The van der Waals surface area contributed by atoms with Crippen molar-refractivity contribution in [2.75, 3.05) is 38.1 Å². The number of nitrogens with zero attached hydrogens (tertiary/aromatic N) is 4. The van der Waals surface area contributed by atoms with Gasteiger partial charge in [0.05, 0.1) is 16.1 Å². The number of likely N-dealkylation sites (N-methyl/N-ethyl adjacent to an activating group) is 1. The van der Waals surface area contributed by atoms with Crippen molar-refractivity contribution < 1.29 is 9.59 Å². The number of rotatable bonds is 9. The number of hydrogen-bond acceptors (Lipinski definition) is 4. The van der Waals surface area contributed by atoms with Gasteiger partial charge in [-0.25, -0.2) is 4.98 Å². The smallest absolute Gasteiger partial charge is 0.258 e. The molecule has 0 spiro atoms. The van der Waals surface area contributed by atoms with Crippen LogP contribution in [0.5, 0.6) is 0 Å². The molecule has 9 heteroatoms. The molecule has 0 radical (unpaired) electrons. The fourth-order valence-corrected chi connectivity index (χ4v) is 5.70. The zero-order valence-electron chi connectivity index (χ0n) is 23.2. The number of carbonyl (C=O) groups excluding carboxylic acids is 2. The van der Waals surface area contributed by atoms with Crippen molar-refractivity contribution >= 4 is 52.3 Å². The molecular weight excluding hydrogens is 591 g/mol. The van der Waals surface area contributed by atoms with Crippen molar-refractivity contribution in [1.82, 2.24) is 14.8 Å². The summed E-state index contributed by atoms with van der Waals surface area (Å²) in [7, 11) is 1.81. The second-order valence-corrected chi connectivity index (χ2v) is 11.6. The predicted molar refractivity (Wildman–Crippen MR) is 170 cm³/mol. The first-order chi connectivity index (χ1) is 20.3. The number of hydrogen-bond donors (Lipinski definition) is 0. The molecule has 1 unspecified atom stereocenters.